The fraction of sp³-hybridized carbons (Fsp3) is 0.500. The Bertz CT molecular complexity index is 203. The van der Waals surface area contributed by atoms with Gasteiger partial charge in [0.1, 0.15) is 5.76 Å². The molecule has 2 heteroatoms. The van der Waals surface area contributed by atoms with E-state index in [-0.39, 0.29) is 0 Å². The van der Waals surface area contributed by atoms with Gasteiger partial charge in [-0.05, 0) is 6.07 Å². The quantitative estimate of drug-likeness (QED) is 0.679. The van der Waals surface area contributed by atoms with Crippen molar-refractivity contribution in [1.82, 2.24) is 0 Å². The highest BCUT2D eigenvalue weighted by Gasteiger charge is 2.07. The Morgan fingerprint density at radius 2 is 2.30 bits per heavy atom. The lowest BCUT2D eigenvalue weighted by Crippen LogP contribution is -1.99. The first-order valence-electron chi connectivity index (χ1n) is 3.52. The summed E-state index contributed by atoms with van der Waals surface area (Å²) in [5.41, 5.74) is 6.59. The van der Waals surface area contributed by atoms with Gasteiger partial charge in [-0.2, -0.15) is 0 Å². The second-order valence-corrected chi connectivity index (χ2v) is 2.67. The van der Waals surface area contributed by atoms with Crippen LogP contribution in [0.3, 0.4) is 0 Å². The number of rotatable bonds is 2. The minimum Gasteiger partial charge on any atom is -0.469 e. The van der Waals surface area contributed by atoms with Crippen molar-refractivity contribution in [1.29, 1.82) is 0 Å². The Kier molecular flexibility index (Phi) is 2.12. The van der Waals surface area contributed by atoms with E-state index in [1.54, 1.807) is 6.26 Å². The molecule has 0 amide bonds. The van der Waals surface area contributed by atoms with Gasteiger partial charge in [-0.3, -0.25) is 0 Å². The summed E-state index contributed by atoms with van der Waals surface area (Å²) < 4.78 is 5.24. The Morgan fingerprint density at radius 1 is 1.60 bits per heavy atom. The van der Waals surface area contributed by atoms with E-state index in [9.17, 15) is 0 Å². The lowest BCUT2D eigenvalue weighted by molar-refractivity contribution is 0.482. The summed E-state index contributed by atoms with van der Waals surface area (Å²) in [7, 11) is 0. The maximum Gasteiger partial charge on any atom is 0.110 e. The van der Waals surface area contributed by atoms with Gasteiger partial charge in [0, 0.05) is 18.0 Å². The summed E-state index contributed by atoms with van der Waals surface area (Å²) in [6, 6.07) is 1.93. The highest BCUT2D eigenvalue weighted by molar-refractivity contribution is 5.19. The summed E-state index contributed by atoms with van der Waals surface area (Å²) in [5, 5.41) is 0. The van der Waals surface area contributed by atoms with Crippen molar-refractivity contribution in [3.8, 4) is 0 Å². The molecule has 56 valence electrons. The van der Waals surface area contributed by atoms with Gasteiger partial charge in [0.25, 0.3) is 0 Å². The molecular weight excluding hydrogens is 126 g/mol. The van der Waals surface area contributed by atoms with Crippen molar-refractivity contribution < 1.29 is 4.42 Å². The minimum atomic E-state index is 0.438. The first-order chi connectivity index (χ1) is 4.75. The highest BCUT2D eigenvalue weighted by Crippen LogP contribution is 2.19. The largest absolute Gasteiger partial charge is 0.469 e. The van der Waals surface area contributed by atoms with E-state index < -0.39 is 0 Å². The third-order valence-electron chi connectivity index (χ3n) is 1.53. The molecule has 0 unspecified atom stereocenters. The van der Waals surface area contributed by atoms with Crippen molar-refractivity contribution >= 4 is 0 Å². The predicted molar refractivity (Wildman–Crippen MR) is 40.7 cm³/mol. The lowest BCUT2D eigenvalue weighted by atomic mass is 10.1. The van der Waals surface area contributed by atoms with E-state index >= 15 is 0 Å². The molecule has 0 aliphatic heterocycles. The van der Waals surface area contributed by atoms with Crippen LogP contribution in [0.5, 0.6) is 0 Å². The number of hydrogen-bond donors (Lipinski definition) is 1. The second-order valence-electron chi connectivity index (χ2n) is 2.67. The summed E-state index contributed by atoms with van der Waals surface area (Å²) in [5.74, 6) is 1.45. The molecule has 0 saturated carbocycles. The Hall–Kier alpha value is -0.760. The third kappa shape index (κ3) is 1.21. The van der Waals surface area contributed by atoms with E-state index in [0.717, 1.165) is 11.3 Å². The van der Waals surface area contributed by atoms with Crippen LogP contribution in [0.25, 0.3) is 0 Å². The Morgan fingerprint density at radius 3 is 2.70 bits per heavy atom. The van der Waals surface area contributed by atoms with Gasteiger partial charge in [-0.1, -0.05) is 13.8 Å². The van der Waals surface area contributed by atoms with E-state index in [2.05, 4.69) is 13.8 Å². The highest BCUT2D eigenvalue weighted by atomic mass is 16.3. The molecule has 0 aliphatic rings. The Balaban J connectivity index is 2.90. The standard InChI is InChI=1S/C8H13NO/c1-6(2)8-7(5-9)3-4-10-8/h3-4,6H,5,9H2,1-2H3. The van der Waals surface area contributed by atoms with Crippen LogP contribution < -0.4 is 5.73 Å². The molecule has 1 rings (SSSR count). The average molecular weight is 139 g/mol. The molecule has 1 heterocycles. The van der Waals surface area contributed by atoms with Crippen LogP contribution in [0, 0.1) is 0 Å². The van der Waals surface area contributed by atoms with Gasteiger partial charge in [0.2, 0.25) is 0 Å². The zero-order valence-electron chi connectivity index (χ0n) is 6.42. The fourth-order valence-electron chi connectivity index (χ4n) is 1.02. The number of nitrogens with two attached hydrogens (primary N) is 1. The third-order valence-corrected chi connectivity index (χ3v) is 1.53. The number of hydrogen-bond acceptors (Lipinski definition) is 2. The molecule has 0 aromatic carbocycles. The molecule has 0 aliphatic carbocycles. The normalized spacial score (nSPS) is 10.8. The monoisotopic (exact) mass is 139 g/mol. The zero-order chi connectivity index (χ0) is 7.56. The van der Waals surface area contributed by atoms with Crippen LogP contribution in [0.15, 0.2) is 16.7 Å². The van der Waals surface area contributed by atoms with Crippen LogP contribution in [0.4, 0.5) is 0 Å². The molecule has 0 atom stereocenters. The van der Waals surface area contributed by atoms with Gasteiger partial charge >= 0.3 is 0 Å². The molecule has 0 bridgehead atoms. The van der Waals surface area contributed by atoms with Crippen molar-refractivity contribution in [2.45, 2.75) is 26.3 Å². The van der Waals surface area contributed by atoms with E-state index in [1.807, 2.05) is 6.07 Å². The molecule has 0 spiro atoms. The molecule has 0 fully saturated rings. The van der Waals surface area contributed by atoms with Gasteiger partial charge < -0.3 is 10.2 Å². The first kappa shape index (κ1) is 7.35. The smallest absolute Gasteiger partial charge is 0.110 e. The summed E-state index contributed by atoms with van der Waals surface area (Å²) in [6.07, 6.45) is 1.69. The van der Waals surface area contributed by atoms with Gasteiger partial charge in [0.15, 0.2) is 0 Å². The molecule has 10 heavy (non-hydrogen) atoms. The second kappa shape index (κ2) is 2.88. The van der Waals surface area contributed by atoms with E-state index in [4.69, 9.17) is 10.2 Å². The summed E-state index contributed by atoms with van der Waals surface area (Å²) in [6.45, 7) is 4.76. The molecule has 2 nitrogen and oxygen atoms in total. The van der Waals surface area contributed by atoms with Crippen LogP contribution in [-0.2, 0) is 6.54 Å². The molecule has 1 aromatic rings. The predicted octanol–water partition coefficient (Wildman–Crippen LogP) is 1.86. The molecule has 2 N–H and O–H groups in total. The van der Waals surface area contributed by atoms with Gasteiger partial charge in [-0.25, -0.2) is 0 Å². The lowest BCUT2D eigenvalue weighted by Gasteiger charge is -2.01. The molecule has 0 saturated heterocycles. The van der Waals surface area contributed by atoms with Crippen molar-refractivity contribution in [2.24, 2.45) is 5.73 Å². The molecular formula is C8H13NO. The van der Waals surface area contributed by atoms with E-state index in [1.165, 1.54) is 0 Å². The zero-order valence-corrected chi connectivity index (χ0v) is 6.42. The van der Waals surface area contributed by atoms with Crippen LogP contribution in [0.1, 0.15) is 31.1 Å². The van der Waals surface area contributed by atoms with Crippen molar-refractivity contribution in [3.05, 3.63) is 23.7 Å². The first-order valence-corrected chi connectivity index (χ1v) is 3.52. The minimum absolute atomic E-state index is 0.438. The van der Waals surface area contributed by atoms with Gasteiger partial charge in [-0.15, -0.1) is 0 Å². The maximum absolute atomic E-state index is 5.47. The topological polar surface area (TPSA) is 39.2 Å². The van der Waals surface area contributed by atoms with E-state index in [0.29, 0.717) is 12.5 Å². The molecule has 1 aromatic heterocycles. The van der Waals surface area contributed by atoms with Gasteiger partial charge in [0.05, 0.1) is 6.26 Å². The van der Waals surface area contributed by atoms with Crippen LogP contribution in [0.2, 0.25) is 0 Å². The summed E-state index contributed by atoms with van der Waals surface area (Å²) >= 11 is 0. The SMILES string of the molecule is CC(C)c1occc1CN. The fourth-order valence-corrected chi connectivity index (χ4v) is 1.02. The average Bonchev–Trinajstić information content (AvgIpc) is 2.33. The van der Waals surface area contributed by atoms with Crippen LogP contribution in [-0.4, -0.2) is 0 Å². The Labute approximate surface area is 61.0 Å². The van der Waals surface area contributed by atoms with Crippen molar-refractivity contribution in [2.75, 3.05) is 0 Å². The molecule has 0 radical (unpaired) electrons. The van der Waals surface area contributed by atoms with Crippen molar-refractivity contribution in [3.63, 3.8) is 0 Å². The summed E-state index contributed by atoms with van der Waals surface area (Å²) in [4.78, 5) is 0. The van der Waals surface area contributed by atoms with Crippen LogP contribution >= 0.6 is 0 Å². The maximum atomic E-state index is 5.47. The number of furan rings is 1.